The summed E-state index contributed by atoms with van der Waals surface area (Å²) in [7, 11) is 0.499. The van der Waals surface area contributed by atoms with E-state index >= 15 is 0 Å². The number of likely N-dealkylation sites (N-methyl/N-ethyl adjacent to an activating group) is 2. The van der Waals surface area contributed by atoms with Gasteiger partial charge in [0.2, 0.25) is 20.0 Å². The van der Waals surface area contributed by atoms with Crippen molar-refractivity contribution in [2.45, 2.75) is 59.8 Å². The van der Waals surface area contributed by atoms with E-state index in [1.807, 2.05) is 64.6 Å². The first-order valence-electron chi connectivity index (χ1n) is 25.3. The lowest BCUT2D eigenvalue weighted by Gasteiger charge is -2.27. The van der Waals surface area contributed by atoms with Crippen LogP contribution >= 0.6 is 23.2 Å². The molecule has 24 heteroatoms. The highest BCUT2D eigenvalue weighted by molar-refractivity contribution is 7.89. The van der Waals surface area contributed by atoms with Crippen LogP contribution in [0.15, 0.2) is 94.7 Å². The third-order valence-electron chi connectivity index (χ3n) is 12.6. The number of ether oxygens (including phenoxy) is 6. The minimum absolute atomic E-state index is 0.0785. The van der Waals surface area contributed by atoms with Crippen LogP contribution in [0.5, 0.6) is 11.5 Å². The number of fused-ring (bicyclic) bond motifs is 2. The van der Waals surface area contributed by atoms with E-state index in [1.54, 1.807) is 24.3 Å². The number of hydrogen-bond donors (Lipinski definition) is 6. The minimum Gasteiger partial charge on any atom is -0.484 e. The summed E-state index contributed by atoms with van der Waals surface area (Å²) in [6, 6.07) is 23.8. The summed E-state index contributed by atoms with van der Waals surface area (Å²) < 4.78 is 91.2. The van der Waals surface area contributed by atoms with Gasteiger partial charge in [0.15, 0.2) is 0 Å². The molecular weight excluding hydrogens is 1060 g/mol. The zero-order valence-corrected chi connectivity index (χ0v) is 46.6. The number of carbonyl (C=O) groups excluding carboxylic acids is 2. The van der Waals surface area contributed by atoms with Gasteiger partial charge in [-0.3, -0.25) is 0 Å². The fourth-order valence-electron chi connectivity index (χ4n) is 8.57. The largest absolute Gasteiger partial charge is 0.484 e. The number of urea groups is 2. The van der Waals surface area contributed by atoms with Gasteiger partial charge in [-0.25, -0.2) is 35.9 Å². The van der Waals surface area contributed by atoms with Gasteiger partial charge < -0.3 is 59.5 Å². The summed E-state index contributed by atoms with van der Waals surface area (Å²) in [6.45, 7) is 3.46. The molecule has 0 aromatic heterocycles. The second kappa shape index (κ2) is 30.4. The predicted molar refractivity (Wildman–Crippen MR) is 291 cm³/mol. The van der Waals surface area contributed by atoms with Crippen molar-refractivity contribution in [3.63, 3.8) is 0 Å². The van der Waals surface area contributed by atoms with Crippen molar-refractivity contribution >= 4 is 55.3 Å². The fraction of sp³-hybridized carbons (Fsp3) is 0.500. The quantitative estimate of drug-likeness (QED) is 0.0348. The monoisotopic (exact) mass is 1130 g/mol. The number of carbonyl (C=O) groups is 2. The zero-order valence-electron chi connectivity index (χ0n) is 43.5. The molecule has 0 bridgehead atoms. The molecule has 4 atom stereocenters. The molecule has 76 heavy (non-hydrogen) atoms. The van der Waals surface area contributed by atoms with Gasteiger partial charge in [-0.2, -0.15) is 0 Å². The summed E-state index contributed by atoms with van der Waals surface area (Å²) in [5.41, 5.74) is 4.41. The van der Waals surface area contributed by atoms with E-state index in [4.69, 9.17) is 51.6 Å². The standard InChI is InChI=1S/C52H72Cl2N8O12S2/c1-61(2)47-35-37-33-39(53)7-17-45(37)49(47)73-41-9-13-43(14-10-41)75(65,66)59-23-27-71-31-29-69-25-21-57-51(63)55-19-5-6-20-56-52(64)58-22-26-70-30-32-72-28-24-60-76(67,68)44-15-11-42(12-16-44)74-50-46-18-8-40(54)34-38(46)36-48(50)62(3)4/h7-18,33-34,47-50,59-60H,5-6,19-32,35-36H2,1-4H3,(H2,55,57,63)(H2,56,58,64)/t47-,48-,49-,50-/m1/s1. The molecule has 0 heterocycles. The number of unbranched alkanes of at least 4 members (excludes halogenated alkanes) is 1. The molecule has 0 fully saturated rings. The Balaban J connectivity index is 0.687. The molecule has 4 amide bonds. The number of hydrogen-bond acceptors (Lipinski definition) is 14. The Morgan fingerprint density at radius 1 is 0.487 bits per heavy atom. The van der Waals surface area contributed by atoms with E-state index < -0.39 is 20.0 Å². The van der Waals surface area contributed by atoms with Gasteiger partial charge in [0.1, 0.15) is 23.7 Å². The van der Waals surface area contributed by atoms with Gasteiger partial charge in [-0.15, -0.1) is 0 Å². The van der Waals surface area contributed by atoms with Crippen LogP contribution in [0.1, 0.15) is 47.3 Å². The summed E-state index contributed by atoms with van der Waals surface area (Å²) in [6.07, 6.45) is 2.47. The van der Waals surface area contributed by atoms with Gasteiger partial charge >= 0.3 is 12.1 Å². The fourth-order valence-corrected chi connectivity index (χ4v) is 11.0. The van der Waals surface area contributed by atoms with Gasteiger partial charge in [0, 0.05) is 49.3 Å². The molecule has 418 valence electrons. The number of nitrogens with zero attached hydrogens (tertiary/aromatic N) is 2. The van der Waals surface area contributed by atoms with E-state index in [2.05, 4.69) is 40.5 Å². The minimum atomic E-state index is -3.76. The lowest BCUT2D eigenvalue weighted by atomic mass is 10.1. The van der Waals surface area contributed by atoms with Crippen molar-refractivity contribution in [3.8, 4) is 11.5 Å². The number of nitrogens with one attached hydrogen (secondary N) is 6. The van der Waals surface area contributed by atoms with E-state index in [0.717, 1.165) is 35.1 Å². The number of sulfonamides is 2. The van der Waals surface area contributed by atoms with Gasteiger partial charge in [0.25, 0.3) is 0 Å². The Labute approximate surface area is 457 Å². The van der Waals surface area contributed by atoms with Crippen molar-refractivity contribution < 1.29 is 54.8 Å². The van der Waals surface area contributed by atoms with Crippen LogP contribution in [-0.2, 0) is 51.8 Å². The highest BCUT2D eigenvalue weighted by Gasteiger charge is 2.37. The maximum Gasteiger partial charge on any atom is 0.314 e. The molecule has 0 saturated heterocycles. The van der Waals surface area contributed by atoms with E-state index in [9.17, 15) is 26.4 Å². The van der Waals surface area contributed by atoms with E-state index in [1.165, 1.54) is 24.3 Å². The molecule has 0 unspecified atom stereocenters. The average Bonchev–Trinajstić information content (AvgIpc) is 3.94. The summed E-state index contributed by atoms with van der Waals surface area (Å²) in [5.74, 6) is 1.13. The lowest BCUT2D eigenvalue weighted by Crippen LogP contribution is -2.39. The molecular formula is C52H72Cl2N8O12S2. The Morgan fingerprint density at radius 3 is 1.18 bits per heavy atom. The zero-order chi connectivity index (χ0) is 54.5. The molecule has 0 saturated carbocycles. The Kier molecular flexibility index (Phi) is 24.1. The normalized spacial score (nSPS) is 17.1. The second-order valence-electron chi connectivity index (χ2n) is 18.5. The predicted octanol–water partition coefficient (Wildman–Crippen LogP) is 4.91. The van der Waals surface area contributed by atoms with Crippen LogP contribution in [0, 0.1) is 0 Å². The first kappa shape index (κ1) is 60.4. The second-order valence-corrected chi connectivity index (χ2v) is 22.9. The third kappa shape index (κ3) is 19.0. The molecule has 6 rings (SSSR count). The van der Waals surface area contributed by atoms with Crippen LogP contribution in [-0.4, -0.2) is 171 Å². The smallest absolute Gasteiger partial charge is 0.314 e. The number of rotatable bonds is 33. The van der Waals surface area contributed by atoms with Crippen molar-refractivity contribution in [2.24, 2.45) is 0 Å². The van der Waals surface area contributed by atoms with E-state index in [0.29, 0.717) is 47.5 Å². The van der Waals surface area contributed by atoms with Crippen molar-refractivity contribution in [1.29, 1.82) is 0 Å². The van der Waals surface area contributed by atoms with Gasteiger partial charge in [0.05, 0.1) is 74.7 Å². The molecule has 0 aliphatic heterocycles. The summed E-state index contributed by atoms with van der Waals surface area (Å²) in [5, 5.41) is 12.3. The molecule has 2 aliphatic rings. The van der Waals surface area contributed by atoms with Crippen molar-refractivity contribution in [2.75, 3.05) is 120 Å². The lowest BCUT2D eigenvalue weighted by molar-refractivity contribution is 0.0516. The first-order chi connectivity index (χ1) is 36.5. The SMILES string of the molecule is CN(C)[C@@H]1Cc2cc(Cl)ccc2[C@H]1Oc1ccc(S(=O)(=O)NCCOCCOCCNC(=O)NCCCCNC(=O)NCCOCCOCCNS(=O)(=O)c2ccc(O[C@@H]3c4ccc(Cl)cc4C[C@H]3N(C)C)cc2)cc1. The van der Waals surface area contributed by atoms with Crippen LogP contribution < -0.4 is 40.2 Å². The molecule has 4 aromatic rings. The van der Waals surface area contributed by atoms with Crippen molar-refractivity contribution in [1.82, 2.24) is 40.5 Å². The summed E-state index contributed by atoms with van der Waals surface area (Å²) >= 11 is 12.4. The van der Waals surface area contributed by atoms with E-state index in [-0.39, 0.29) is 125 Å². The highest BCUT2D eigenvalue weighted by atomic mass is 35.5. The molecule has 4 aromatic carbocycles. The van der Waals surface area contributed by atoms with Crippen LogP contribution in [0.25, 0.3) is 0 Å². The van der Waals surface area contributed by atoms with Crippen LogP contribution in [0.2, 0.25) is 10.0 Å². The van der Waals surface area contributed by atoms with Gasteiger partial charge in [-0.1, -0.05) is 35.3 Å². The number of benzene rings is 4. The Bertz CT molecular complexity index is 2510. The average molecular weight is 1140 g/mol. The van der Waals surface area contributed by atoms with Crippen LogP contribution in [0.3, 0.4) is 0 Å². The molecule has 2 aliphatic carbocycles. The first-order valence-corrected chi connectivity index (χ1v) is 29.0. The maximum atomic E-state index is 12.9. The Hall–Kier alpha value is -4.82. The summed E-state index contributed by atoms with van der Waals surface area (Å²) in [4.78, 5) is 28.6. The number of halogens is 2. The van der Waals surface area contributed by atoms with Gasteiger partial charge in [-0.05, 0) is 149 Å². The highest BCUT2D eigenvalue weighted by Crippen LogP contribution is 2.40. The molecule has 6 N–H and O–H groups in total. The Morgan fingerprint density at radius 2 is 0.829 bits per heavy atom. The molecule has 20 nitrogen and oxygen atoms in total. The molecule has 0 radical (unpaired) electrons. The number of amides is 4. The third-order valence-corrected chi connectivity index (χ3v) is 16.0. The topological polar surface area (TPSA) is 236 Å². The van der Waals surface area contributed by atoms with Crippen LogP contribution in [0.4, 0.5) is 9.59 Å². The molecule has 0 spiro atoms. The van der Waals surface area contributed by atoms with Crippen molar-refractivity contribution in [3.05, 3.63) is 117 Å². The maximum absolute atomic E-state index is 12.9.